The van der Waals surface area contributed by atoms with E-state index in [4.69, 9.17) is 4.74 Å². The van der Waals surface area contributed by atoms with Gasteiger partial charge < -0.3 is 14.7 Å². The second-order valence-electron chi connectivity index (χ2n) is 7.38. The quantitative estimate of drug-likeness (QED) is 0.815. The summed E-state index contributed by atoms with van der Waals surface area (Å²) in [5.41, 5.74) is 0.122. The van der Waals surface area contributed by atoms with Gasteiger partial charge in [0.1, 0.15) is 5.60 Å². The second kappa shape index (κ2) is 6.91. The Kier molecular flexibility index (Phi) is 4.81. The number of amides is 1. The molecule has 4 rings (SSSR count). The summed E-state index contributed by atoms with van der Waals surface area (Å²) in [7, 11) is -2.33. The third-order valence-electron chi connectivity index (χ3n) is 5.41. The standard InChI is InChI=1S/C19H22N2O5S2/c1-12-10-19(23,8-9-26-12)15-11-20-18(27-15)28(24,25)14-5-3-4-13-6-7-16(22)21(2)17(13)14/h3-5,11-12,23H,6-10H2,1-2H3/t12-,19+/m0/s1. The molecular weight excluding hydrogens is 400 g/mol. The van der Waals surface area contributed by atoms with Crippen molar-refractivity contribution in [1.29, 1.82) is 0 Å². The first-order chi connectivity index (χ1) is 13.2. The van der Waals surface area contributed by atoms with Gasteiger partial charge in [-0.15, -0.1) is 11.3 Å². The molecule has 28 heavy (non-hydrogen) atoms. The van der Waals surface area contributed by atoms with Gasteiger partial charge in [0.25, 0.3) is 0 Å². The lowest BCUT2D eigenvalue weighted by Gasteiger charge is -2.34. The molecule has 0 unspecified atom stereocenters. The van der Waals surface area contributed by atoms with Gasteiger partial charge in [-0.1, -0.05) is 12.1 Å². The van der Waals surface area contributed by atoms with Gasteiger partial charge in [-0.2, -0.15) is 0 Å². The van der Waals surface area contributed by atoms with Gasteiger partial charge >= 0.3 is 0 Å². The van der Waals surface area contributed by atoms with Crippen molar-refractivity contribution < 1.29 is 23.1 Å². The number of rotatable bonds is 3. The predicted molar refractivity (Wildman–Crippen MR) is 104 cm³/mol. The minimum atomic E-state index is -3.92. The van der Waals surface area contributed by atoms with Gasteiger partial charge in [-0.05, 0) is 25.0 Å². The number of fused-ring (bicyclic) bond motifs is 1. The molecule has 7 nitrogen and oxygen atoms in total. The van der Waals surface area contributed by atoms with Crippen molar-refractivity contribution in [2.45, 2.75) is 53.5 Å². The summed E-state index contributed by atoms with van der Waals surface area (Å²) in [4.78, 5) is 18.3. The molecule has 2 aromatic rings. The molecule has 0 aliphatic carbocycles. The number of nitrogens with zero attached hydrogens (tertiary/aromatic N) is 2. The zero-order valence-electron chi connectivity index (χ0n) is 15.7. The highest BCUT2D eigenvalue weighted by Gasteiger charge is 2.39. The number of aliphatic hydroxyl groups is 1. The molecular formula is C19H22N2O5S2. The first-order valence-corrected chi connectivity index (χ1v) is 11.5. The topological polar surface area (TPSA) is 96.8 Å². The maximum absolute atomic E-state index is 13.3. The van der Waals surface area contributed by atoms with Crippen molar-refractivity contribution in [2.75, 3.05) is 18.6 Å². The Hall–Kier alpha value is -1.81. The zero-order valence-corrected chi connectivity index (χ0v) is 17.3. The highest BCUT2D eigenvalue weighted by Crippen LogP contribution is 2.41. The molecule has 1 aromatic carbocycles. The number of carbonyl (C=O) groups is 1. The first kappa shape index (κ1) is 19.5. The third kappa shape index (κ3) is 3.16. The van der Waals surface area contributed by atoms with Crippen LogP contribution in [0.3, 0.4) is 0 Å². The Bertz CT molecular complexity index is 1030. The smallest absolute Gasteiger partial charge is 0.235 e. The predicted octanol–water partition coefficient (Wildman–Crippen LogP) is 2.27. The molecule has 0 radical (unpaired) electrons. The van der Waals surface area contributed by atoms with Crippen molar-refractivity contribution in [1.82, 2.24) is 4.98 Å². The fourth-order valence-electron chi connectivity index (χ4n) is 3.88. The Balaban J connectivity index is 1.75. The van der Waals surface area contributed by atoms with Gasteiger partial charge in [-0.25, -0.2) is 13.4 Å². The van der Waals surface area contributed by atoms with E-state index in [0.29, 0.717) is 42.9 Å². The highest BCUT2D eigenvalue weighted by atomic mass is 32.2. The maximum Gasteiger partial charge on any atom is 0.235 e. The average Bonchev–Trinajstić information content (AvgIpc) is 3.16. The zero-order chi connectivity index (χ0) is 20.1. The molecule has 0 bridgehead atoms. The van der Waals surface area contributed by atoms with E-state index in [2.05, 4.69) is 4.98 Å². The molecule has 150 valence electrons. The normalized spacial score (nSPS) is 25.6. The van der Waals surface area contributed by atoms with Crippen molar-refractivity contribution in [3.8, 4) is 0 Å². The van der Waals surface area contributed by atoms with Gasteiger partial charge in [-0.3, -0.25) is 4.79 Å². The van der Waals surface area contributed by atoms with Gasteiger partial charge in [0.05, 0.1) is 28.2 Å². The summed E-state index contributed by atoms with van der Waals surface area (Å²) in [6, 6.07) is 5.05. The summed E-state index contributed by atoms with van der Waals surface area (Å²) >= 11 is 0.987. The van der Waals surface area contributed by atoms with E-state index >= 15 is 0 Å². The lowest BCUT2D eigenvalue weighted by atomic mass is 9.90. The lowest BCUT2D eigenvalue weighted by molar-refractivity contribution is -0.118. The molecule has 1 N–H and O–H groups in total. The van der Waals surface area contributed by atoms with Crippen molar-refractivity contribution in [2.24, 2.45) is 0 Å². The number of aromatic nitrogens is 1. The van der Waals surface area contributed by atoms with E-state index in [-0.39, 0.29) is 21.2 Å². The van der Waals surface area contributed by atoms with Crippen LogP contribution >= 0.6 is 11.3 Å². The monoisotopic (exact) mass is 422 g/mol. The van der Waals surface area contributed by atoms with Gasteiger partial charge in [0.15, 0.2) is 0 Å². The van der Waals surface area contributed by atoms with Crippen LogP contribution in [-0.4, -0.2) is 44.2 Å². The number of hydrogen-bond acceptors (Lipinski definition) is 7. The van der Waals surface area contributed by atoms with Crippen molar-refractivity contribution in [3.63, 3.8) is 0 Å². The van der Waals surface area contributed by atoms with Crippen LogP contribution in [0.25, 0.3) is 0 Å². The number of hydrogen-bond donors (Lipinski definition) is 1. The van der Waals surface area contributed by atoms with E-state index in [9.17, 15) is 18.3 Å². The molecule has 0 saturated carbocycles. The largest absolute Gasteiger partial charge is 0.384 e. The van der Waals surface area contributed by atoms with Crippen LogP contribution in [0.1, 0.15) is 36.6 Å². The molecule has 2 aliphatic heterocycles. The third-order valence-corrected chi connectivity index (χ3v) is 8.77. The summed E-state index contributed by atoms with van der Waals surface area (Å²) < 4.78 is 32.1. The van der Waals surface area contributed by atoms with Gasteiger partial charge in [0, 0.05) is 32.5 Å². The van der Waals surface area contributed by atoms with Crippen LogP contribution in [0.5, 0.6) is 0 Å². The average molecular weight is 423 g/mol. The van der Waals surface area contributed by atoms with Crippen LogP contribution in [0.4, 0.5) is 5.69 Å². The number of anilines is 1. The molecule has 1 amide bonds. The number of aryl methyl sites for hydroxylation is 1. The van der Waals surface area contributed by atoms with Crippen LogP contribution in [0.15, 0.2) is 33.6 Å². The minimum absolute atomic E-state index is 0.0742. The highest BCUT2D eigenvalue weighted by molar-refractivity contribution is 7.93. The summed E-state index contributed by atoms with van der Waals surface area (Å²) in [6.45, 7) is 2.29. The molecule has 1 saturated heterocycles. The number of para-hydroxylation sites is 1. The number of sulfone groups is 1. The fourth-order valence-corrected chi connectivity index (χ4v) is 6.79. The number of benzene rings is 1. The van der Waals surface area contributed by atoms with Crippen LogP contribution < -0.4 is 4.90 Å². The molecule has 3 heterocycles. The Morgan fingerprint density at radius 1 is 1.36 bits per heavy atom. The second-order valence-corrected chi connectivity index (χ2v) is 10.5. The van der Waals surface area contributed by atoms with E-state index in [1.165, 1.54) is 17.2 Å². The van der Waals surface area contributed by atoms with Crippen molar-refractivity contribution in [3.05, 3.63) is 34.8 Å². The molecule has 1 fully saturated rings. The van der Waals surface area contributed by atoms with Crippen LogP contribution in [0, 0.1) is 0 Å². The molecule has 9 heteroatoms. The van der Waals surface area contributed by atoms with Crippen molar-refractivity contribution >= 4 is 32.8 Å². The summed E-state index contributed by atoms with van der Waals surface area (Å²) in [6.07, 6.45) is 3.01. The first-order valence-electron chi connectivity index (χ1n) is 9.16. The summed E-state index contributed by atoms with van der Waals surface area (Å²) in [5.74, 6) is -0.111. The van der Waals surface area contributed by atoms with Gasteiger partial charge in [0.2, 0.25) is 20.1 Å². The molecule has 0 spiro atoms. The van der Waals surface area contributed by atoms with E-state index in [1.807, 2.05) is 13.0 Å². The number of thiazole rings is 1. The maximum atomic E-state index is 13.3. The molecule has 1 aromatic heterocycles. The lowest BCUT2D eigenvalue weighted by Crippen LogP contribution is -2.36. The SMILES string of the molecule is C[C@H]1C[C@@](O)(c2cnc(S(=O)(=O)c3cccc4c3N(C)C(=O)CC4)s2)CCO1. The summed E-state index contributed by atoms with van der Waals surface area (Å²) in [5, 5.41) is 11.0. The Morgan fingerprint density at radius 2 is 2.14 bits per heavy atom. The fraction of sp³-hybridized carbons (Fsp3) is 0.474. The van der Waals surface area contributed by atoms with E-state index in [1.54, 1.807) is 13.1 Å². The van der Waals surface area contributed by atoms with Crippen LogP contribution in [-0.2, 0) is 31.4 Å². The van der Waals surface area contributed by atoms with Crippen LogP contribution in [0.2, 0.25) is 0 Å². The number of ether oxygens (including phenoxy) is 1. The molecule has 2 aliphatic rings. The Labute approximate surface area is 167 Å². The minimum Gasteiger partial charge on any atom is -0.384 e. The van der Waals surface area contributed by atoms with E-state index in [0.717, 1.165) is 16.9 Å². The van der Waals surface area contributed by atoms with E-state index < -0.39 is 15.4 Å². The molecule has 2 atom stereocenters. The Morgan fingerprint density at radius 3 is 2.89 bits per heavy atom. The number of carbonyl (C=O) groups excluding carboxylic acids is 1.